The molecule has 0 saturated heterocycles. The van der Waals surface area contributed by atoms with Gasteiger partial charge in [-0.15, -0.1) is 11.3 Å². The van der Waals surface area contributed by atoms with Gasteiger partial charge in [0, 0.05) is 24.8 Å². The van der Waals surface area contributed by atoms with Crippen molar-refractivity contribution in [1.29, 1.82) is 0 Å². The van der Waals surface area contributed by atoms with Crippen LogP contribution in [0.5, 0.6) is 0 Å². The number of hydrogen-bond donors (Lipinski definition) is 1. The number of hydrogen-bond acceptors (Lipinski definition) is 7. The van der Waals surface area contributed by atoms with Crippen LogP contribution in [0, 0.1) is 0 Å². The molecule has 0 unspecified atom stereocenters. The molecule has 0 aromatic carbocycles. The fourth-order valence-corrected chi connectivity index (χ4v) is 3.15. The summed E-state index contributed by atoms with van der Waals surface area (Å²) >= 11 is 1.56. The van der Waals surface area contributed by atoms with Gasteiger partial charge in [0.15, 0.2) is 0 Å². The number of aryl methyl sites for hydroxylation is 1. The molecule has 0 atom stereocenters. The minimum absolute atomic E-state index is 0.157. The molecule has 0 aliphatic carbocycles. The number of amides is 1. The zero-order valence-electron chi connectivity index (χ0n) is 14.7. The number of pyridine rings is 1. The number of carbonyl (C=O) groups is 1. The third-order valence-electron chi connectivity index (χ3n) is 3.81. The highest BCUT2D eigenvalue weighted by atomic mass is 32.1. The Labute approximate surface area is 156 Å². The van der Waals surface area contributed by atoms with E-state index in [9.17, 15) is 4.79 Å². The van der Waals surface area contributed by atoms with Gasteiger partial charge in [-0.25, -0.2) is 19.9 Å². The lowest BCUT2D eigenvalue weighted by atomic mass is 10.2. The average molecular weight is 368 g/mol. The maximum absolute atomic E-state index is 12.3. The summed E-state index contributed by atoms with van der Waals surface area (Å²) in [5.41, 5.74) is 2.48. The van der Waals surface area contributed by atoms with Crippen molar-refractivity contribution in [2.75, 3.05) is 11.9 Å². The molecule has 0 aliphatic heterocycles. The molecule has 1 N–H and O–H groups in total. The second-order valence-electron chi connectivity index (χ2n) is 5.73. The fraction of sp³-hybridized carbons (Fsp3) is 0.278. The molecule has 3 aromatic rings. The van der Waals surface area contributed by atoms with Gasteiger partial charge in [0.1, 0.15) is 17.2 Å². The monoisotopic (exact) mass is 368 g/mol. The van der Waals surface area contributed by atoms with Crippen LogP contribution in [0.25, 0.3) is 0 Å². The van der Waals surface area contributed by atoms with Crippen LogP contribution in [-0.2, 0) is 19.5 Å². The van der Waals surface area contributed by atoms with Crippen LogP contribution in [0.4, 0.5) is 5.82 Å². The lowest BCUT2D eigenvalue weighted by Gasteiger charge is -2.17. The summed E-state index contributed by atoms with van der Waals surface area (Å²) in [6.45, 7) is 3.11. The van der Waals surface area contributed by atoms with Gasteiger partial charge in [0.2, 0.25) is 0 Å². The first-order chi connectivity index (χ1) is 12.7. The maximum Gasteiger partial charge on any atom is 0.253 e. The molecule has 134 valence electrons. The molecule has 0 bridgehead atoms. The Kier molecular flexibility index (Phi) is 5.85. The molecule has 0 spiro atoms. The molecule has 0 fully saturated rings. The smallest absolute Gasteiger partial charge is 0.253 e. The largest absolute Gasteiger partial charge is 0.354 e. The highest BCUT2D eigenvalue weighted by Gasteiger charge is 2.10. The summed E-state index contributed by atoms with van der Waals surface area (Å²) < 4.78 is 0. The number of nitrogens with one attached hydrogen (secondary N) is 1. The van der Waals surface area contributed by atoms with Gasteiger partial charge in [-0.1, -0.05) is 6.92 Å². The summed E-state index contributed by atoms with van der Waals surface area (Å²) in [4.78, 5) is 31.2. The summed E-state index contributed by atoms with van der Waals surface area (Å²) in [5, 5.41) is 5.81. The van der Waals surface area contributed by atoms with Crippen molar-refractivity contribution < 1.29 is 4.79 Å². The first-order valence-corrected chi connectivity index (χ1v) is 9.17. The molecule has 3 aromatic heterocycles. The zero-order valence-corrected chi connectivity index (χ0v) is 15.5. The molecule has 8 heteroatoms. The molecule has 1 amide bonds. The van der Waals surface area contributed by atoms with Gasteiger partial charge >= 0.3 is 0 Å². The van der Waals surface area contributed by atoms with Gasteiger partial charge in [0.05, 0.1) is 30.0 Å². The molecular weight excluding hydrogens is 348 g/mol. The van der Waals surface area contributed by atoms with Gasteiger partial charge in [-0.2, -0.15) is 0 Å². The van der Waals surface area contributed by atoms with Crippen LogP contribution in [0.3, 0.4) is 0 Å². The second-order valence-corrected chi connectivity index (χ2v) is 6.67. The van der Waals surface area contributed by atoms with Gasteiger partial charge in [-0.05, 0) is 24.6 Å². The Morgan fingerprint density at radius 3 is 2.77 bits per heavy atom. The fourth-order valence-electron chi connectivity index (χ4n) is 2.33. The van der Waals surface area contributed by atoms with Crippen molar-refractivity contribution >= 4 is 23.1 Å². The summed E-state index contributed by atoms with van der Waals surface area (Å²) in [7, 11) is 1.93. The average Bonchev–Trinajstić information content (AvgIpc) is 3.15. The van der Waals surface area contributed by atoms with Crippen LogP contribution in [0.15, 0.2) is 42.3 Å². The lowest BCUT2D eigenvalue weighted by Crippen LogP contribution is -2.23. The maximum atomic E-state index is 12.3. The van der Waals surface area contributed by atoms with Crippen LogP contribution in [0.2, 0.25) is 0 Å². The summed E-state index contributed by atoms with van der Waals surface area (Å²) in [6, 6.07) is 5.46. The second kappa shape index (κ2) is 8.48. The van der Waals surface area contributed by atoms with Crippen molar-refractivity contribution in [1.82, 2.24) is 25.3 Å². The van der Waals surface area contributed by atoms with Crippen molar-refractivity contribution in [3.63, 3.8) is 0 Å². The molecule has 26 heavy (non-hydrogen) atoms. The van der Waals surface area contributed by atoms with E-state index in [1.165, 1.54) is 6.33 Å². The van der Waals surface area contributed by atoms with E-state index in [1.54, 1.807) is 29.8 Å². The van der Waals surface area contributed by atoms with Gasteiger partial charge < -0.3 is 10.2 Å². The van der Waals surface area contributed by atoms with E-state index in [2.05, 4.69) is 32.2 Å². The highest BCUT2D eigenvalue weighted by molar-refractivity contribution is 7.09. The number of anilines is 1. The molecule has 3 heterocycles. The predicted molar refractivity (Wildman–Crippen MR) is 101 cm³/mol. The Balaban J connectivity index is 1.56. The van der Waals surface area contributed by atoms with E-state index in [1.807, 2.05) is 29.5 Å². The number of aromatic nitrogens is 4. The Morgan fingerprint density at radius 2 is 2.12 bits per heavy atom. The van der Waals surface area contributed by atoms with Crippen LogP contribution < -0.4 is 10.2 Å². The van der Waals surface area contributed by atoms with Gasteiger partial charge in [0.25, 0.3) is 5.91 Å². The number of carbonyl (C=O) groups excluding carboxylic acids is 1. The van der Waals surface area contributed by atoms with Crippen molar-refractivity contribution in [3.8, 4) is 0 Å². The van der Waals surface area contributed by atoms with E-state index in [4.69, 9.17) is 0 Å². The molecular formula is C18H20N6OS. The first kappa shape index (κ1) is 17.9. The van der Waals surface area contributed by atoms with Crippen molar-refractivity contribution in [3.05, 3.63) is 64.3 Å². The quantitative estimate of drug-likeness (QED) is 0.690. The molecule has 0 saturated carbocycles. The highest BCUT2D eigenvalue weighted by Crippen LogP contribution is 2.13. The molecule has 3 rings (SSSR count). The Bertz CT molecular complexity index is 850. The van der Waals surface area contributed by atoms with Crippen LogP contribution in [-0.4, -0.2) is 32.9 Å². The van der Waals surface area contributed by atoms with Crippen molar-refractivity contribution in [2.45, 2.75) is 26.4 Å². The molecule has 7 nitrogen and oxygen atoms in total. The first-order valence-electron chi connectivity index (χ1n) is 8.29. The number of thiazole rings is 1. The minimum Gasteiger partial charge on any atom is -0.354 e. The van der Waals surface area contributed by atoms with E-state index in [-0.39, 0.29) is 5.91 Å². The third-order valence-corrected chi connectivity index (χ3v) is 4.70. The van der Waals surface area contributed by atoms with E-state index < -0.39 is 0 Å². The number of nitrogens with zero attached hydrogens (tertiary/aromatic N) is 5. The van der Waals surface area contributed by atoms with E-state index in [0.717, 1.165) is 28.6 Å². The minimum atomic E-state index is -0.157. The predicted octanol–water partition coefficient (Wildman–Crippen LogP) is 2.46. The third kappa shape index (κ3) is 4.60. The van der Waals surface area contributed by atoms with Crippen LogP contribution >= 0.6 is 11.3 Å². The standard InChI is InChI=1S/C18H20N6OS/c1-3-14-11-26-17(23-14)9-21-18(25)13-4-5-16(20-8-13)24(2)10-15-6-7-19-12-22-15/h4-8,11-12H,3,9-10H2,1-2H3,(H,21,25). The normalized spacial score (nSPS) is 10.5. The van der Waals surface area contributed by atoms with Crippen LogP contribution in [0.1, 0.15) is 33.7 Å². The molecule has 0 aliphatic rings. The van der Waals surface area contributed by atoms with Crippen molar-refractivity contribution in [2.24, 2.45) is 0 Å². The van der Waals surface area contributed by atoms with E-state index in [0.29, 0.717) is 18.7 Å². The Morgan fingerprint density at radius 1 is 1.23 bits per heavy atom. The summed E-state index contributed by atoms with van der Waals surface area (Å²) in [5.74, 6) is 0.614. The lowest BCUT2D eigenvalue weighted by molar-refractivity contribution is 0.0950. The topological polar surface area (TPSA) is 83.9 Å². The Hall–Kier alpha value is -2.87. The van der Waals surface area contributed by atoms with Gasteiger partial charge in [-0.3, -0.25) is 4.79 Å². The molecule has 0 radical (unpaired) electrons. The summed E-state index contributed by atoms with van der Waals surface area (Å²) in [6.07, 6.45) is 5.72. The SMILES string of the molecule is CCc1csc(CNC(=O)c2ccc(N(C)Cc3ccncn3)nc2)n1. The zero-order chi connectivity index (χ0) is 18.4. The van der Waals surface area contributed by atoms with E-state index >= 15 is 0 Å². The number of rotatable bonds is 7.